The van der Waals surface area contributed by atoms with Gasteiger partial charge >= 0.3 is 0 Å². The third-order valence-corrected chi connectivity index (χ3v) is 4.85. The number of aryl methyl sites for hydroxylation is 1. The second-order valence-electron chi connectivity index (χ2n) is 6.57. The molecule has 0 aromatic heterocycles. The number of carbonyl (C=O) groups excluding carboxylic acids is 2. The first-order valence-corrected chi connectivity index (χ1v) is 9.75. The zero-order chi connectivity index (χ0) is 19.6. The minimum absolute atomic E-state index is 0.0575. The quantitative estimate of drug-likeness (QED) is 0.701. The van der Waals surface area contributed by atoms with Crippen molar-refractivity contribution in [3.8, 4) is 0 Å². The van der Waals surface area contributed by atoms with Gasteiger partial charge in [0.2, 0.25) is 11.8 Å². The Labute approximate surface area is 166 Å². The Kier molecular flexibility index (Phi) is 8.34. The lowest BCUT2D eigenvalue weighted by atomic mass is 10.1. The van der Waals surface area contributed by atoms with Crippen LogP contribution < -0.4 is 5.32 Å². The van der Waals surface area contributed by atoms with Gasteiger partial charge in [-0.2, -0.15) is 0 Å². The van der Waals surface area contributed by atoms with Crippen LogP contribution in [0.1, 0.15) is 37.8 Å². The molecule has 0 heterocycles. The molecule has 0 fully saturated rings. The van der Waals surface area contributed by atoms with Gasteiger partial charge in [-0.05, 0) is 37.0 Å². The molecule has 0 saturated heterocycles. The molecule has 144 valence electrons. The van der Waals surface area contributed by atoms with E-state index >= 15 is 0 Å². The summed E-state index contributed by atoms with van der Waals surface area (Å²) in [6.07, 6.45) is 1.84. The first-order chi connectivity index (χ1) is 13.0. The Bertz CT molecular complexity index is 749. The highest BCUT2D eigenvalue weighted by molar-refractivity contribution is 6.31. The molecule has 5 heteroatoms. The highest BCUT2D eigenvalue weighted by Gasteiger charge is 2.26. The maximum absolute atomic E-state index is 13.0. The van der Waals surface area contributed by atoms with Crippen LogP contribution in [0, 0.1) is 0 Å². The molecule has 1 N–H and O–H groups in total. The Balaban J connectivity index is 2.13. The van der Waals surface area contributed by atoms with E-state index in [-0.39, 0.29) is 11.8 Å². The number of nitrogens with one attached hydrogen (secondary N) is 1. The van der Waals surface area contributed by atoms with Gasteiger partial charge in [-0.3, -0.25) is 9.59 Å². The average molecular weight is 387 g/mol. The lowest BCUT2D eigenvalue weighted by Gasteiger charge is -2.29. The number of benzene rings is 2. The number of halogens is 1. The predicted molar refractivity (Wildman–Crippen MR) is 110 cm³/mol. The minimum atomic E-state index is -0.559. The molecular weight excluding hydrogens is 360 g/mol. The maximum Gasteiger partial charge on any atom is 0.242 e. The number of hydrogen-bond acceptors (Lipinski definition) is 2. The molecular formula is C22H27ClN2O2. The van der Waals surface area contributed by atoms with E-state index in [1.807, 2.05) is 55.5 Å². The zero-order valence-corrected chi connectivity index (χ0v) is 16.7. The van der Waals surface area contributed by atoms with E-state index in [1.165, 1.54) is 0 Å². The van der Waals surface area contributed by atoms with Crippen molar-refractivity contribution in [1.29, 1.82) is 0 Å². The Morgan fingerprint density at radius 1 is 1.07 bits per heavy atom. The summed E-state index contributed by atoms with van der Waals surface area (Å²) in [5.41, 5.74) is 1.94. The summed E-state index contributed by atoms with van der Waals surface area (Å²) in [4.78, 5) is 27.0. The summed E-state index contributed by atoms with van der Waals surface area (Å²) in [6.45, 7) is 4.68. The molecule has 0 aliphatic rings. The Morgan fingerprint density at radius 2 is 1.74 bits per heavy atom. The van der Waals surface area contributed by atoms with E-state index in [4.69, 9.17) is 11.6 Å². The lowest BCUT2D eigenvalue weighted by molar-refractivity contribution is -0.140. The van der Waals surface area contributed by atoms with Crippen molar-refractivity contribution < 1.29 is 9.59 Å². The number of amides is 2. The van der Waals surface area contributed by atoms with Crippen molar-refractivity contribution >= 4 is 23.4 Å². The first kappa shape index (κ1) is 21.0. The van der Waals surface area contributed by atoms with Crippen LogP contribution in [0.2, 0.25) is 5.02 Å². The summed E-state index contributed by atoms with van der Waals surface area (Å²) in [5, 5.41) is 3.47. The van der Waals surface area contributed by atoms with Crippen molar-refractivity contribution in [3.63, 3.8) is 0 Å². The predicted octanol–water partition coefficient (Wildman–Crippen LogP) is 4.22. The molecule has 2 amide bonds. The summed E-state index contributed by atoms with van der Waals surface area (Å²) < 4.78 is 0. The third-order valence-electron chi connectivity index (χ3n) is 4.49. The molecule has 0 spiro atoms. The largest absolute Gasteiger partial charge is 0.354 e. The van der Waals surface area contributed by atoms with Gasteiger partial charge in [-0.1, -0.05) is 67.1 Å². The monoisotopic (exact) mass is 386 g/mol. The van der Waals surface area contributed by atoms with Gasteiger partial charge in [-0.25, -0.2) is 0 Å². The van der Waals surface area contributed by atoms with Crippen molar-refractivity contribution in [2.75, 3.05) is 6.54 Å². The second-order valence-corrected chi connectivity index (χ2v) is 6.97. The highest BCUT2D eigenvalue weighted by atomic mass is 35.5. The molecule has 2 rings (SSSR count). The highest BCUT2D eigenvalue weighted by Crippen LogP contribution is 2.19. The van der Waals surface area contributed by atoms with Crippen LogP contribution >= 0.6 is 11.6 Å². The van der Waals surface area contributed by atoms with Gasteiger partial charge in [0.15, 0.2) is 0 Å². The molecule has 4 nitrogen and oxygen atoms in total. The van der Waals surface area contributed by atoms with Gasteiger partial charge in [0.25, 0.3) is 0 Å². The molecule has 1 atom stereocenters. The molecule has 27 heavy (non-hydrogen) atoms. The Hall–Kier alpha value is -2.33. The van der Waals surface area contributed by atoms with E-state index in [1.54, 1.807) is 17.9 Å². The molecule has 0 unspecified atom stereocenters. The van der Waals surface area contributed by atoms with Gasteiger partial charge in [0.1, 0.15) is 6.04 Å². The fourth-order valence-electron chi connectivity index (χ4n) is 2.83. The number of nitrogens with zero attached hydrogens (tertiary/aromatic N) is 1. The van der Waals surface area contributed by atoms with Gasteiger partial charge < -0.3 is 10.2 Å². The van der Waals surface area contributed by atoms with Crippen molar-refractivity contribution in [2.24, 2.45) is 0 Å². The van der Waals surface area contributed by atoms with Crippen LogP contribution in [0.25, 0.3) is 0 Å². The molecule has 2 aromatic carbocycles. The molecule has 0 aliphatic heterocycles. The van der Waals surface area contributed by atoms with Crippen molar-refractivity contribution in [1.82, 2.24) is 10.2 Å². The van der Waals surface area contributed by atoms with E-state index in [9.17, 15) is 9.59 Å². The van der Waals surface area contributed by atoms with Crippen LogP contribution in [0.3, 0.4) is 0 Å². The minimum Gasteiger partial charge on any atom is -0.354 e. The first-order valence-electron chi connectivity index (χ1n) is 9.37. The molecule has 0 aliphatic carbocycles. The van der Waals surface area contributed by atoms with Crippen LogP contribution in [-0.2, 0) is 22.6 Å². The molecule has 0 saturated carbocycles. The molecule has 2 aromatic rings. The maximum atomic E-state index is 13.0. The summed E-state index contributed by atoms with van der Waals surface area (Å²) in [6, 6.07) is 16.7. The molecule has 0 bridgehead atoms. The van der Waals surface area contributed by atoms with Crippen molar-refractivity contribution in [3.05, 3.63) is 70.7 Å². The smallest absolute Gasteiger partial charge is 0.242 e. The van der Waals surface area contributed by atoms with E-state index in [0.29, 0.717) is 31.0 Å². The summed E-state index contributed by atoms with van der Waals surface area (Å²) in [5.74, 6) is -0.199. The SMILES string of the molecule is CCCNC(=O)[C@H](C)N(Cc1ccccc1Cl)C(=O)CCc1ccccc1. The fraction of sp³-hybridized carbons (Fsp3) is 0.364. The van der Waals surface area contributed by atoms with E-state index < -0.39 is 6.04 Å². The van der Waals surface area contributed by atoms with E-state index in [2.05, 4.69) is 5.32 Å². The van der Waals surface area contributed by atoms with Crippen molar-refractivity contribution in [2.45, 2.75) is 45.7 Å². The van der Waals surface area contributed by atoms with Gasteiger partial charge in [0, 0.05) is 24.5 Å². The summed E-state index contributed by atoms with van der Waals surface area (Å²) >= 11 is 6.28. The third kappa shape index (κ3) is 6.40. The zero-order valence-electron chi connectivity index (χ0n) is 16.0. The molecule has 0 radical (unpaired) electrons. The van der Waals surface area contributed by atoms with Crippen LogP contribution in [0.4, 0.5) is 0 Å². The second kappa shape index (κ2) is 10.7. The van der Waals surface area contributed by atoms with Crippen LogP contribution in [-0.4, -0.2) is 29.3 Å². The fourth-order valence-corrected chi connectivity index (χ4v) is 3.02. The summed E-state index contributed by atoms with van der Waals surface area (Å²) in [7, 11) is 0. The standard InChI is InChI=1S/C22H27ClN2O2/c1-3-15-24-22(27)17(2)25(16-19-11-7-8-12-20(19)23)21(26)14-13-18-9-5-4-6-10-18/h4-12,17H,3,13-16H2,1-2H3,(H,24,27)/t17-/m0/s1. The van der Waals surface area contributed by atoms with Crippen LogP contribution in [0.5, 0.6) is 0 Å². The van der Waals surface area contributed by atoms with E-state index in [0.717, 1.165) is 17.5 Å². The average Bonchev–Trinajstić information content (AvgIpc) is 2.70. The Morgan fingerprint density at radius 3 is 2.41 bits per heavy atom. The van der Waals surface area contributed by atoms with Gasteiger partial charge in [-0.15, -0.1) is 0 Å². The van der Waals surface area contributed by atoms with Crippen LogP contribution in [0.15, 0.2) is 54.6 Å². The number of hydrogen-bond donors (Lipinski definition) is 1. The number of carbonyl (C=O) groups is 2. The normalized spacial score (nSPS) is 11.7. The lowest BCUT2D eigenvalue weighted by Crippen LogP contribution is -2.47. The van der Waals surface area contributed by atoms with Gasteiger partial charge in [0.05, 0.1) is 0 Å². The topological polar surface area (TPSA) is 49.4 Å². The number of rotatable bonds is 9.